The van der Waals surface area contributed by atoms with Crippen molar-refractivity contribution in [2.24, 2.45) is 11.8 Å². The molecular formula is C15H28N2O2. The number of esters is 1. The maximum Gasteiger partial charge on any atom is 0.310 e. The number of methoxy groups -OCH3 is 1. The van der Waals surface area contributed by atoms with Gasteiger partial charge < -0.3 is 10.1 Å². The number of piperidine rings is 1. The van der Waals surface area contributed by atoms with Crippen LogP contribution >= 0.6 is 0 Å². The van der Waals surface area contributed by atoms with Gasteiger partial charge in [-0.05, 0) is 31.7 Å². The lowest BCUT2D eigenvalue weighted by Gasteiger charge is -2.44. The summed E-state index contributed by atoms with van der Waals surface area (Å²) in [5, 5.41) is 3.61. The smallest absolute Gasteiger partial charge is 0.310 e. The number of hydrogen-bond acceptors (Lipinski definition) is 4. The van der Waals surface area contributed by atoms with Crippen LogP contribution in [0, 0.1) is 11.8 Å². The first kappa shape index (κ1) is 14.8. The van der Waals surface area contributed by atoms with Crippen LogP contribution in [0.2, 0.25) is 0 Å². The summed E-state index contributed by atoms with van der Waals surface area (Å²) in [6, 6.07) is 1.14. The second-order valence-corrected chi connectivity index (χ2v) is 6.49. The maximum absolute atomic E-state index is 11.8. The Morgan fingerprint density at radius 3 is 2.63 bits per heavy atom. The number of carbonyl (C=O) groups is 1. The molecule has 2 rings (SSSR count). The molecule has 4 nitrogen and oxygen atoms in total. The number of ether oxygens (including phenoxy) is 1. The third kappa shape index (κ3) is 3.93. The van der Waals surface area contributed by atoms with Crippen LogP contribution in [0.5, 0.6) is 0 Å². The van der Waals surface area contributed by atoms with E-state index in [4.69, 9.17) is 4.74 Å². The summed E-state index contributed by atoms with van der Waals surface area (Å²) in [5.74, 6) is 0.653. The Hall–Kier alpha value is -0.610. The first-order valence-corrected chi connectivity index (χ1v) is 7.65. The van der Waals surface area contributed by atoms with Gasteiger partial charge in [0.1, 0.15) is 0 Å². The van der Waals surface area contributed by atoms with Crippen LogP contribution in [0.25, 0.3) is 0 Å². The van der Waals surface area contributed by atoms with Crippen LogP contribution in [0.3, 0.4) is 0 Å². The lowest BCUT2D eigenvalue weighted by Crippen LogP contribution is -2.56. The lowest BCUT2D eigenvalue weighted by molar-refractivity contribution is -0.148. The molecule has 1 aliphatic carbocycles. The van der Waals surface area contributed by atoms with Gasteiger partial charge in [0.05, 0.1) is 13.0 Å². The molecule has 1 saturated carbocycles. The van der Waals surface area contributed by atoms with Gasteiger partial charge in [-0.25, -0.2) is 0 Å². The summed E-state index contributed by atoms with van der Waals surface area (Å²) in [7, 11) is 1.50. The van der Waals surface area contributed by atoms with Gasteiger partial charge in [0.25, 0.3) is 0 Å². The van der Waals surface area contributed by atoms with E-state index >= 15 is 0 Å². The van der Waals surface area contributed by atoms with Crippen molar-refractivity contribution in [2.75, 3.05) is 26.7 Å². The van der Waals surface area contributed by atoms with E-state index in [2.05, 4.69) is 24.1 Å². The second kappa shape index (κ2) is 6.71. The molecule has 110 valence electrons. The van der Waals surface area contributed by atoms with Crippen LogP contribution in [0.1, 0.15) is 39.5 Å². The predicted molar refractivity (Wildman–Crippen MR) is 76.0 cm³/mol. The second-order valence-electron chi connectivity index (χ2n) is 6.49. The number of nitrogens with zero attached hydrogens (tertiary/aromatic N) is 1. The molecule has 0 bridgehead atoms. The van der Waals surface area contributed by atoms with E-state index in [0.717, 1.165) is 26.1 Å². The Morgan fingerprint density at radius 2 is 2.11 bits per heavy atom. The van der Waals surface area contributed by atoms with E-state index < -0.39 is 0 Å². The Balaban J connectivity index is 1.92. The highest BCUT2D eigenvalue weighted by Crippen LogP contribution is 2.29. The van der Waals surface area contributed by atoms with Gasteiger partial charge in [0.2, 0.25) is 0 Å². The summed E-state index contributed by atoms with van der Waals surface area (Å²) < 4.78 is 4.95. The number of likely N-dealkylation sites (tertiary alicyclic amines) is 1. The third-order valence-corrected chi connectivity index (χ3v) is 4.42. The van der Waals surface area contributed by atoms with E-state index in [1.807, 2.05) is 0 Å². The fraction of sp³-hybridized carbons (Fsp3) is 0.933. The first-order chi connectivity index (χ1) is 9.10. The largest absolute Gasteiger partial charge is 0.469 e. The average Bonchev–Trinajstić information content (AvgIpc) is 2.33. The van der Waals surface area contributed by atoms with Gasteiger partial charge in [0.15, 0.2) is 0 Å². The monoisotopic (exact) mass is 268 g/mol. The number of rotatable bonds is 5. The molecule has 2 aliphatic rings. The fourth-order valence-electron chi connectivity index (χ4n) is 3.07. The van der Waals surface area contributed by atoms with Crippen molar-refractivity contribution in [1.82, 2.24) is 10.2 Å². The van der Waals surface area contributed by atoms with Crippen molar-refractivity contribution in [2.45, 2.75) is 51.6 Å². The molecule has 1 saturated heterocycles. The fourth-order valence-corrected chi connectivity index (χ4v) is 3.07. The van der Waals surface area contributed by atoms with E-state index in [1.54, 1.807) is 0 Å². The summed E-state index contributed by atoms with van der Waals surface area (Å²) in [6.45, 7) is 7.44. The lowest BCUT2D eigenvalue weighted by atomic mass is 9.86. The van der Waals surface area contributed by atoms with Crippen LogP contribution in [-0.2, 0) is 9.53 Å². The highest BCUT2D eigenvalue weighted by molar-refractivity contribution is 5.72. The van der Waals surface area contributed by atoms with Crippen molar-refractivity contribution in [3.05, 3.63) is 0 Å². The van der Waals surface area contributed by atoms with Gasteiger partial charge in [-0.1, -0.05) is 20.3 Å². The summed E-state index contributed by atoms with van der Waals surface area (Å²) in [5.41, 5.74) is 0. The molecule has 1 heterocycles. The zero-order valence-electron chi connectivity index (χ0n) is 12.5. The van der Waals surface area contributed by atoms with E-state index in [0.29, 0.717) is 18.0 Å². The van der Waals surface area contributed by atoms with Gasteiger partial charge >= 0.3 is 5.97 Å². The minimum atomic E-state index is -0.0413. The zero-order chi connectivity index (χ0) is 13.8. The van der Waals surface area contributed by atoms with Gasteiger partial charge in [-0.15, -0.1) is 0 Å². The Morgan fingerprint density at radius 1 is 1.37 bits per heavy atom. The minimum absolute atomic E-state index is 0.0413. The molecule has 2 atom stereocenters. The molecule has 19 heavy (non-hydrogen) atoms. The summed E-state index contributed by atoms with van der Waals surface area (Å²) in [6.07, 6.45) is 4.85. The molecule has 0 aromatic rings. The Kier molecular flexibility index (Phi) is 5.22. The first-order valence-electron chi connectivity index (χ1n) is 7.65. The molecule has 0 amide bonds. The Labute approximate surface area is 116 Å². The molecule has 0 aromatic heterocycles. The Bertz CT molecular complexity index is 303. The van der Waals surface area contributed by atoms with E-state index in [1.165, 1.54) is 26.4 Å². The summed E-state index contributed by atoms with van der Waals surface area (Å²) >= 11 is 0. The van der Waals surface area contributed by atoms with Crippen LogP contribution in [-0.4, -0.2) is 49.7 Å². The van der Waals surface area contributed by atoms with Crippen LogP contribution in [0.15, 0.2) is 0 Å². The molecule has 1 N–H and O–H groups in total. The van der Waals surface area contributed by atoms with Gasteiger partial charge in [-0.3, -0.25) is 9.69 Å². The number of nitrogens with one attached hydrogen (secondary N) is 1. The van der Waals surface area contributed by atoms with Crippen molar-refractivity contribution in [3.8, 4) is 0 Å². The standard InChI is InChI=1S/C15H28N2O2/c1-11(2)8-16-13-7-12(15(18)19-3)9-17(10-13)14-5-4-6-14/h11-14,16H,4-10H2,1-3H3. The molecule has 0 aromatic carbocycles. The van der Waals surface area contributed by atoms with E-state index in [9.17, 15) is 4.79 Å². The van der Waals surface area contributed by atoms with E-state index in [-0.39, 0.29) is 11.9 Å². The average molecular weight is 268 g/mol. The van der Waals surface area contributed by atoms with Crippen molar-refractivity contribution >= 4 is 5.97 Å². The molecule has 1 aliphatic heterocycles. The normalized spacial score (nSPS) is 29.3. The van der Waals surface area contributed by atoms with Gasteiger partial charge in [0, 0.05) is 25.2 Å². The van der Waals surface area contributed by atoms with Crippen LogP contribution in [0.4, 0.5) is 0 Å². The van der Waals surface area contributed by atoms with Crippen molar-refractivity contribution in [3.63, 3.8) is 0 Å². The molecule has 0 spiro atoms. The number of hydrogen-bond donors (Lipinski definition) is 1. The van der Waals surface area contributed by atoms with Crippen LogP contribution < -0.4 is 5.32 Å². The molecular weight excluding hydrogens is 240 g/mol. The highest BCUT2D eigenvalue weighted by atomic mass is 16.5. The maximum atomic E-state index is 11.8. The minimum Gasteiger partial charge on any atom is -0.469 e. The third-order valence-electron chi connectivity index (χ3n) is 4.42. The molecule has 2 unspecified atom stereocenters. The molecule has 4 heteroatoms. The van der Waals surface area contributed by atoms with Gasteiger partial charge in [-0.2, -0.15) is 0 Å². The van der Waals surface area contributed by atoms with Crippen molar-refractivity contribution < 1.29 is 9.53 Å². The SMILES string of the molecule is COC(=O)C1CC(NCC(C)C)CN(C2CCC2)C1. The molecule has 2 fully saturated rings. The highest BCUT2D eigenvalue weighted by Gasteiger charge is 2.36. The zero-order valence-corrected chi connectivity index (χ0v) is 12.5. The number of carbonyl (C=O) groups excluding carboxylic acids is 1. The summed E-state index contributed by atoms with van der Waals surface area (Å²) in [4.78, 5) is 14.4. The quantitative estimate of drug-likeness (QED) is 0.770. The topological polar surface area (TPSA) is 41.6 Å². The molecule has 0 radical (unpaired) electrons. The predicted octanol–water partition coefficient (Wildman–Crippen LogP) is 1.65. The van der Waals surface area contributed by atoms with Crippen molar-refractivity contribution in [1.29, 1.82) is 0 Å².